The van der Waals surface area contributed by atoms with Gasteiger partial charge in [0.1, 0.15) is 0 Å². The summed E-state index contributed by atoms with van der Waals surface area (Å²) >= 11 is 0. The molecule has 1 atom stereocenters. The van der Waals surface area contributed by atoms with Gasteiger partial charge in [0.05, 0.1) is 7.11 Å². The highest BCUT2D eigenvalue weighted by molar-refractivity contribution is 5.81. The van der Waals surface area contributed by atoms with Crippen molar-refractivity contribution in [3.05, 3.63) is 12.2 Å². The molecule has 0 heterocycles. The molecule has 0 unspecified atom stereocenters. The number of hydrogen-bond acceptors (Lipinski definition) is 3. The van der Waals surface area contributed by atoms with Gasteiger partial charge < -0.3 is 9.64 Å². The third-order valence-electron chi connectivity index (χ3n) is 1.53. The SMILES string of the molecule is COC(=O)/C=C/[C@@H](C)N(C)C. The molecule has 0 bridgehead atoms. The minimum absolute atomic E-state index is 0.258. The normalized spacial score (nSPS) is 13.9. The average Bonchev–Trinajstić information content (AvgIpc) is 1.99. The summed E-state index contributed by atoms with van der Waals surface area (Å²) in [6.45, 7) is 2.00. The molecule has 0 saturated heterocycles. The summed E-state index contributed by atoms with van der Waals surface area (Å²) in [4.78, 5) is 12.6. The van der Waals surface area contributed by atoms with Crippen LogP contribution in [0, 0.1) is 0 Å². The van der Waals surface area contributed by atoms with Crippen LogP contribution in [0.4, 0.5) is 0 Å². The van der Waals surface area contributed by atoms with Gasteiger partial charge in [-0.05, 0) is 21.0 Å². The van der Waals surface area contributed by atoms with Gasteiger partial charge in [0.2, 0.25) is 0 Å². The summed E-state index contributed by atoms with van der Waals surface area (Å²) in [5.74, 6) is -0.307. The van der Waals surface area contributed by atoms with Crippen LogP contribution in [0.15, 0.2) is 12.2 Å². The number of nitrogens with zero attached hydrogens (tertiary/aromatic N) is 1. The minimum Gasteiger partial charge on any atom is -0.466 e. The summed E-state index contributed by atoms with van der Waals surface area (Å²) in [5, 5.41) is 0. The standard InChI is InChI=1S/C8H15NO2/c1-7(9(2)3)5-6-8(10)11-4/h5-7H,1-4H3/b6-5+/t7-/m1/s1. The number of carbonyl (C=O) groups is 1. The van der Waals surface area contributed by atoms with Gasteiger partial charge in [-0.1, -0.05) is 6.08 Å². The first-order valence-electron chi connectivity index (χ1n) is 3.50. The lowest BCUT2D eigenvalue weighted by Gasteiger charge is -2.14. The van der Waals surface area contributed by atoms with Gasteiger partial charge in [0, 0.05) is 12.1 Å². The van der Waals surface area contributed by atoms with Crippen molar-refractivity contribution >= 4 is 5.97 Å². The van der Waals surface area contributed by atoms with Gasteiger partial charge in [-0.2, -0.15) is 0 Å². The van der Waals surface area contributed by atoms with Crippen molar-refractivity contribution in [2.24, 2.45) is 0 Å². The van der Waals surface area contributed by atoms with E-state index in [2.05, 4.69) is 4.74 Å². The zero-order valence-electron chi connectivity index (χ0n) is 7.50. The first kappa shape index (κ1) is 10.2. The number of rotatable bonds is 3. The van der Waals surface area contributed by atoms with Crippen LogP contribution < -0.4 is 0 Å². The largest absolute Gasteiger partial charge is 0.466 e. The number of ether oxygens (including phenoxy) is 1. The van der Waals surface area contributed by atoms with E-state index in [-0.39, 0.29) is 12.0 Å². The number of hydrogen-bond donors (Lipinski definition) is 0. The van der Waals surface area contributed by atoms with E-state index in [0.29, 0.717) is 0 Å². The molecule has 0 saturated carbocycles. The Labute approximate surface area is 67.6 Å². The molecule has 0 aliphatic heterocycles. The Hall–Kier alpha value is -0.830. The predicted octanol–water partition coefficient (Wildman–Crippen LogP) is 0.666. The van der Waals surface area contributed by atoms with E-state index in [1.807, 2.05) is 25.9 Å². The first-order valence-corrected chi connectivity index (χ1v) is 3.50. The Morgan fingerprint density at radius 1 is 1.55 bits per heavy atom. The second kappa shape index (κ2) is 4.91. The van der Waals surface area contributed by atoms with Crippen molar-refractivity contribution < 1.29 is 9.53 Å². The Kier molecular flexibility index (Phi) is 4.54. The second-order valence-corrected chi connectivity index (χ2v) is 2.59. The molecular formula is C8H15NO2. The van der Waals surface area contributed by atoms with Crippen LogP contribution in [0.25, 0.3) is 0 Å². The highest BCUT2D eigenvalue weighted by Crippen LogP contribution is 1.93. The van der Waals surface area contributed by atoms with Crippen LogP contribution in [0.5, 0.6) is 0 Å². The van der Waals surface area contributed by atoms with Gasteiger partial charge in [0.15, 0.2) is 0 Å². The van der Waals surface area contributed by atoms with E-state index in [0.717, 1.165) is 0 Å². The van der Waals surface area contributed by atoms with Gasteiger partial charge in [-0.15, -0.1) is 0 Å². The predicted molar refractivity (Wildman–Crippen MR) is 44.3 cm³/mol. The van der Waals surface area contributed by atoms with E-state index in [1.54, 1.807) is 6.08 Å². The van der Waals surface area contributed by atoms with Gasteiger partial charge >= 0.3 is 5.97 Å². The monoisotopic (exact) mass is 157 g/mol. The Balaban J connectivity index is 3.82. The molecule has 0 aliphatic rings. The van der Waals surface area contributed by atoms with E-state index >= 15 is 0 Å². The van der Waals surface area contributed by atoms with Crippen LogP contribution in [0.3, 0.4) is 0 Å². The molecule has 0 N–H and O–H groups in total. The maximum atomic E-state index is 10.6. The average molecular weight is 157 g/mol. The Morgan fingerprint density at radius 3 is 2.45 bits per heavy atom. The maximum absolute atomic E-state index is 10.6. The van der Waals surface area contributed by atoms with Crippen molar-refractivity contribution in [1.29, 1.82) is 0 Å². The fourth-order valence-corrected chi connectivity index (χ4v) is 0.458. The molecule has 0 aromatic rings. The lowest BCUT2D eigenvalue weighted by molar-refractivity contribution is -0.134. The highest BCUT2D eigenvalue weighted by Gasteiger charge is 1.99. The molecule has 0 rings (SSSR count). The van der Waals surface area contributed by atoms with Crippen molar-refractivity contribution in [1.82, 2.24) is 4.90 Å². The third kappa shape index (κ3) is 4.56. The van der Waals surface area contributed by atoms with Gasteiger partial charge in [-0.3, -0.25) is 0 Å². The molecule has 0 radical (unpaired) electrons. The minimum atomic E-state index is -0.307. The molecule has 3 nitrogen and oxygen atoms in total. The quantitative estimate of drug-likeness (QED) is 0.445. The number of esters is 1. The van der Waals surface area contributed by atoms with Gasteiger partial charge in [-0.25, -0.2) is 4.79 Å². The van der Waals surface area contributed by atoms with Crippen molar-refractivity contribution in [3.63, 3.8) is 0 Å². The van der Waals surface area contributed by atoms with Crippen molar-refractivity contribution in [2.75, 3.05) is 21.2 Å². The molecule has 0 spiro atoms. The summed E-state index contributed by atoms with van der Waals surface area (Å²) in [7, 11) is 5.27. The molecule has 3 heteroatoms. The molecule has 11 heavy (non-hydrogen) atoms. The fraction of sp³-hybridized carbons (Fsp3) is 0.625. The third-order valence-corrected chi connectivity index (χ3v) is 1.53. The Bertz CT molecular complexity index is 152. The molecule has 64 valence electrons. The molecule has 0 aliphatic carbocycles. The van der Waals surface area contributed by atoms with E-state index in [9.17, 15) is 4.79 Å². The lowest BCUT2D eigenvalue weighted by atomic mass is 10.3. The first-order chi connectivity index (χ1) is 5.07. The van der Waals surface area contributed by atoms with Crippen LogP contribution in [-0.4, -0.2) is 38.1 Å². The van der Waals surface area contributed by atoms with E-state index in [4.69, 9.17) is 0 Å². The molecular weight excluding hydrogens is 142 g/mol. The highest BCUT2D eigenvalue weighted by atomic mass is 16.5. The molecule has 0 aromatic heterocycles. The maximum Gasteiger partial charge on any atom is 0.330 e. The van der Waals surface area contributed by atoms with Crippen molar-refractivity contribution in [3.8, 4) is 0 Å². The topological polar surface area (TPSA) is 29.5 Å². The van der Waals surface area contributed by atoms with Gasteiger partial charge in [0.25, 0.3) is 0 Å². The molecule has 0 amide bonds. The summed E-state index contributed by atoms with van der Waals surface area (Å²) in [5.41, 5.74) is 0. The van der Waals surface area contributed by atoms with Crippen LogP contribution >= 0.6 is 0 Å². The number of likely N-dealkylation sites (N-methyl/N-ethyl adjacent to an activating group) is 1. The number of carbonyl (C=O) groups excluding carboxylic acids is 1. The molecule has 0 fully saturated rings. The van der Waals surface area contributed by atoms with Crippen LogP contribution in [0.2, 0.25) is 0 Å². The molecule has 0 aromatic carbocycles. The summed E-state index contributed by atoms with van der Waals surface area (Å²) in [6.07, 6.45) is 3.23. The van der Waals surface area contributed by atoms with E-state index < -0.39 is 0 Å². The second-order valence-electron chi connectivity index (χ2n) is 2.59. The summed E-state index contributed by atoms with van der Waals surface area (Å²) < 4.78 is 4.44. The zero-order valence-corrected chi connectivity index (χ0v) is 7.50. The van der Waals surface area contributed by atoms with Crippen LogP contribution in [0.1, 0.15) is 6.92 Å². The number of methoxy groups -OCH3 is 1. The lowest BCUT2D eigenvalue weighted by Crippen LogP contribution is -2.22. The summed E-state index contributed by atoms with van der Waals surface area (Å²) in [6, 6.07) is 0.258. The van der Waals surface area contributed by atoms with Crippen LogP contribution in [-0.2, 0) is 9.53 Å². The Morgan fingerprint density at radius 2 is 2.09 bits per heavy atom. The fourth-order valence-electron chi connectivity index (χ4n) is 0.458. The van der Waals surface area contributed by atoms with Crippen molar-refractivity contribution in [2.45, 2.75) is 13.0 Å². The van der Waals surface area contributed by atoms with E-state index in [1.165, 1.54) is 13.2 Å². The zero-order chi connectivity index (χ0) is 8.85. The smallest absolute Gasteiger partial charge is 0.330 e.